The second-order valence-electron chi connectivity index (χ2n) is 5.26. The van der Waals surface area contributed by atoms with E-state index in [0.717, 1.165) is 29.2 Å². The van der Waals surface area contributed by atoms with E-state index < -0.39 is 0 Å². The van der Waals surface area contributed by atoms with Gasteiger partial charge in [0.15, 0.2) is 11.5 Å². The van der Waals surface area contributed by atoms with Gasteiger partial charge in [0.1, 0.15) is 6.61 Å². The van der Waals surface area contributed by atoms with Gasteiger partial charge in [0.05, 0.1) is 7.11 Å². The molecule has 120 valence electrons. The van der Waals surface area contributed by atoms with Gasteiger partial charge in [-0.3, -0.25) is 0 Å². The summed E-state index contributed by atoms with van der Waals surface area (Å²) in [6.07, 6.45) is 0. The monoisotopic (exact) mass is 320 g/mol. The average molecular weight is 321 g/mol. The fourth-order valence-corrected chi connectivity index (χ4v) is 2.07. The molecule has 0 saturated heterocycles. The molecule has 22 heavy (non-hydrogen) atoms. The Morgan fingerprint density at radius 3 is 2.36 bits per heavy atom. The van der Waals surface area contributed by atoms with Crippen molar-refractivity contribution in [2.45, 2.75) is 33.0 Å². The van der Waals surface area contributed by atoms with Crippen LogP contribution in [0.5, 0.6) is 11.5 Å². The highest BCUT2D eigenvalue weighted by molar-refractivity contribution is 5.46. The van der Waals surface area contributed by atoms with Crippen molar-refractivity contribution in [1.29, 1.82) is 0 Å². The second kappa shape index (κ2) is 9.34. The molecule has 0 fully saturated rings. The molecule has 1 N–H and O–H groups in total. The summed E-state index contributed by atoms with van der Waals surface area (Å²) in [6, 6.07) is 16.6. The minimum absolute atomic E-state index is 0. The van der Waals surface area contributed by atoms with E-state index in [0.29, 0.717) is 12.6 Å². The van der Waals surface area contributed by atoms with E-state index >= 15 is 0 Å². The zero-order valence-corrected chi connectivity index (χ0v) is 14.1. The van der Waals surface area contributed by atoms with Crippen LogP contribution in [0.3, 0.4) is 0 Å². The zero-order valence-electron chi connectivity index (χ0n) is 13.3. The minimum Gasteiger partial charge on any atom is -1.00 e. The summed E-state index contributed by atoms with van der Waals surface area (Å²) in [5.74, 6) is 1.59. The topological polar surface area (TPSA) is 30.5 Å². The Morgan fingerprint density at radius 1 is 1.00 bits per heavy atom. The SMILES string of the molecule is COc1cccc(CNC(C)C)c1OCc1ccccc1.[Cl-]. The van der Waals surface area contributed by atoms with Crippen LogP contribution in [0.2, 0.25) is 0 Å². The molecular formula is C18H23ClNO2-. The molecule has 0 radical (unpaired) electrons. The van der Waals surface area contributed by atoms with E-state index in [1.54, 1.807) is 7.11 Å². The Labute approximate surface area is 139 Å². The summed E-state index contributed by atoms with van der Waals surface area (Å²) < 4.78 is 11.4. The molecule has 0 heterocycles. The number of hydrogen-bond donors (Lipinski definition) is 1. The van der Waals surface area contributed by atoms with Crippen LogP contribution in [-0.2, 0) is 13.2 Å². The third-order valence-corrected chi connectivity index (χ3v) is 3.21. The van der Waals surface area contributed by atoms with E-state index in [4.69, 9.17) is 9.47 Å². The maximum atomic E-state index is 6.01. The Morgan fingerprint density at radius 2 is 1.73 bits per heavy atom. The zero-order chi connectivity index (χ0) is 15.1. The molecule has 0 amide bonds. The van der Waals surface area contributed by atoms with E-state index in [2.05, 4.69) is 37.4 Å². The van der Waals surface area contributed by atoms with Crippen molar-refractivity contribution in [3.05, 3.63) is 59.7 Å². The summed E-state index contributed by atoms with van der Waals surface area (Å²) in [7, 11) is 1.67. The van der Waals surface area contributed by atoms with Gasteiger partial charge in [-0.2, -0.15) is 0 Å². The van der Waals surface area contributed by atoms with Gasteiger partial charge in [-0.15, -0.1) is 0 Å². The van der Waals surface area contributed by atoms with Crippen LogP contribution < -0.4 is 27.2 Å². The van der Waals surface area contributed by atoms with Crippen molar-refractivity contribution in [3.8, 4) is 11.5 Å². The third kappa shape index (κ3) is 5.24. The fourth-order valence-electron chi connectivity index (χ4n) is 2.07. The van der Waals surface area contributed by atoms with Crippen molar-refractivity contribution in [3.63, 3.8) is 0 Å². The standard InChI is InChI=1S/C18H23NO2.ClH/c1-14(2)19-12-16-10-7-11-17(20-3)18(16)21-13-15-8-5-4-6-9-15;/h4-11,14,19H,12-13H2,1-3H3;1H/p-1. The van der Waals surface area contributed by atoms with Crippen LogP contribution in [-0.4, -0.2) is 13.2 Å². The lowest BCUT2D eigenvalue weighted by Gasteiger charge is -2.16. The average Bonchev–Trinajstić information content (AvgIpc) is 2.52. The number of halogens is 1. The van der Waals surface area contributed by atoms with Gasteiger partial charge in [0.2, 0.25) is 0 Å². The van der Waals surface area contributed by atoms with Crippen molar-refractivity contribution >= 4 is 0 Å². The number of para-hydroxylation sites is 1. The van der Waals surface area contributed by atoms with Crippen LogP contribution >= 0.6 is 0 Å². The lowest BCUT2D eigenvalue weighted by Crippen LogP contribution is -3.00. The number of hydrogen-bond acceptors (Lipinski definition) is 3. The third-order valence-electron chi connectivity index (χ3n) is 3.21. The lowest BCUT2D eigenvalue weighted by molar-refractivity contribution is -0.00000509. The number of benzene rings is 2. The number of rotatable bonds is 7. The quantitative estimate of drug-likeness (QED) is 0.818. The van der Waals surface area contributed by atoms with Crippen LogP contribution in [0.4, 0.5) is 0 Å². The maximum absolute atomic E-state index is 6.01. The molecule has 2 aromatic carbocycles. The smallest absolute Gasteiger partial charge is 0.166 e. The number of methoxy groups -OCH3 is 1. The molecule has 0 aliphatic heterocycles. The van der Waals surface area contributed by atoms with E-state index in [9.17, 15) is 0 Å². The minimum atomic E-state index is 0. The van der Waals surface area contributed by atoms with Gasteiger partial charge >= 0.3 is 0 Å². The molecule has 3 nitrogen and oxygen atoms in total. The first-order valence-electron chi connectivity index (χ1n) is 7.26. The molecule has 0 aliphatic carbocycles. The summed E-state index contributed by atoms with van der Waals surface area (Å²) in [6.45, 7) is 5.56. The first kappa shape index (κ1) is 18.3. The van der Waals surface area contributed by atoms with Crippen molar-refractivity contribution in [2.75, 3.05) is 7.11 Å². The van der Waals surface area contributed by atoms with Gasteiger partial charge in [-0.1, -0.05) is 56.3 Å². The predicted molar refractivity (Wildman–Crippen MR) is 85.7 cm³/mol. The van der Waals surface area contributed by atoms with Crippen molar-refractivity contribution < 1.29 is 21.9 Å². The molecule has 0 spiro atoms. The Kier molecular flexibility index (Phi) is 7.78. The van der Waals surface area contributed by atoms with Gasteiger partial charge in [0.25, 0.3) is 0 Å². The Balaban J connectivity index is 0.00000242. The highest BCUT2D eigenvalue weighted by atomic mass is 35.5. The normalized spacial score (nSPS) is 10.2. The summed E-state index contributed by atoms with van der Waals surface area (Å²) in [4.78, 5) is 0. The largest absolute Gasteiger partial charge is 1.00 e. The second-order valence-corrected chi connectivity index (χ2v) is 5.26. The van der Waals surface area contributed by atoms with Crippen LogP contribution in [0.1, 0.15) is 25.0 Å². The van der Waals surface area contributed by atoms with Gasteiger partial charge in [0, 0.05) is 18.2 Å². The molecule has 0 saturated carbocycles. The van der Waals surface area contributed by atoms with Gasteiger partial charge in [-0.05, 0) is 11.6 Å². The Hall–Kier alpha value is -1.71. The fraction of sp³-hybridized carbons (Fsp3) is 0.333. The summed E-state index contributed by atoms with van der Waals surface area (Å²) in [5.41, 5.74) is 2.25. The van der Waals surface area contributed by atoms with Crippen molar-refractivity contribution in [1.82, 2.24) is 5.32 Å². The molecule has 2 rings (SSSR count). The maximum Gasteiger partial charge on any atom is 0.166 e. The molecule has 4 heteroatoms. The van der Waals surface area contributed by atoms with Crippen LogP contribution in [0.25, 0.3) is 0 Å². The van der Waals surface area contributed by atoms with Crippen molar-refractivity contribution in [2.24, 2.45) is 0 Å². The first-order valence-corrected chi connectivity index (χ1v) is 7.26. The van der Waals surface area contributed by atoms with E-state index in [1.807, 2.05) is 30.3 Å². The number of nitrogens with one attached hydrogen (secondary N) is 1. The molecule has 2 aromatic rings. The molecule has 0 bridgehead atoms. The van der Waals surface area contributed by atoms with Crippen LogP contribution in [0, 0.1) is 0 Å². The summed E-state index contributed by atoms with van der Waals surface area (Å²) in [5, 5.41) is 3.42. The lowest BCUT2D eigenvalue weighted by atomic mass is 10.1. The predicted octanol–water partition coefficient (Wildman–Crippen LogP) is 0.776. The van der Waals surface area contributed by atoms with Crippen LogP contribution in [0.15, 0.2) is 48.5 Å². The van der Waals surface area contributed by atoms with Gasteiger partial charge in [-0.25, -0.2) is 0 Å². The molecular weight excluding hydrogens is 298 g/mol. The van der Waals surface area contributed by atoms with E-state index in [1.165, 1.54) is 0 Å². The molecule has 0 aromatic heterocycles. The summed E-state index contributed by atoms with van der Waals surface area (Å²) >= 11 is 0. The number of ether oxygens (including phenoxy) is 2. The van der Waals surface area contributed by atoms with Gasteiger partial charge < -0.3 is 27.2 Å². The highest BCUT2D eigenvalue weighted by Gasteiger charge is 2.11. The first-order chi connectivity index (χ1) is 10.2. The van der Waals surface area contributed by atoms with E-state index in [-0.39, 0.29) is 12.4 Å². The Bertz CT molecular complexity index is 558. The molecule has 0 aliphatic rings. The highest BCUT2D eigenvalue weighted by Crippen LogP contribution is 2.31. The molecule has 0 unspecified atom stereocenters. The molecule has 0 atom stereocenters.